The maximum Gasteiger partial charge on any atom is 0.197 e. The first-order chi connectivity index (χ1) is 7.31. The highest BCUT2D eigenvalue weighted by Gasteiger charge is 2.16. The van der Waals surface area contributed by atoms with Crippen LogP contribution in [0, 0.1) is 17.1 Å². The molecule has 0 fully saturated rings. The molecule has 0 saturated carbocycles. The first-order valence-corrected chi connectivity index (χ1v) is 4.76. The van der Waals surface area contributed by atoms with Crippen LogP contribution in [0.2, 0.25) is 0 Å². The summed E-state index contributed by atoms with van der Waals surface area (Å²) >= 11 is 0. The minimum absolute atomic E-state index is 0.161. The van der Waals surface area contributed by atoms with Gasteiger partial charge in [-0.25, -0.2) is 4.39 Å². The number of ether oxygens (including phenoxy) is 2. The first kappa shape index (κ1) is 9.78. The van der Waals surface area contributed by atoms with Gasteiger partial charge in [-0.05, 0) is 17.7 Å². The van der Waals surface area contributed by atoms with Crippen molar-refractivity contribution in [3.63, 3.8) is 0 Å². The van der Waals surface area contributed by atoms with E-state index in [9.17, 15) is 4.39 Å². The molecule has 0 unspecified atom stereocenters. The summed E-state index contributed by atoms with van der Waals surface area (Å²) in [5, 5.41) is 8.53. The van der Waals surface area contributed by atoms with Crippen molar-refractivity contribution in [1.82, 2.24) is 0 Å². The second-order valence-corrected chi connectivity index (χ2v) is 3.29. The number of benzene rings is 1. The van der Waals surface area contributed by atoms with Crippen LogP contribution in [0.25, 0.3) is 0 Å². The molecule has 0 aromatic heterocycles. The largest absolute Gasteiger partial charge is 0.489 e. The second-order valence-electron chi connectivity index (χ2n) is 3.29. The van der Waals surface area contributed by atoms with Gasteiger partial charge in [-0.1, -0.05) is 0 Å². The highest BCUT2D eigenvalue weighted by molar-refractivity contribution is 5.45. The molecule has 2 rings (SSSR count). The van der Waals surface area contributed by atoms with Crippen LogP contribution in [0.15, 0.2) is 12.1 Å². The van der Waals surface area contributed by atoms with Gasteiger partial charge in [0, 0.05) is 6.42 Å². The topological polar surface area (TPSA) is 42.2 Å². The van der Waals surface area contributed by atoms with E-state index in [4.69, 9.17) is 14.7 Å². The molecule has 3 nitrogen and oxygen atoms in total. The molecule has 1 aromatic rings. The molecular weight excluding hydrogens is 197 g/mol. The van der Waals surface area contributed by atoms with Gasteiger partial charge in [-0.15, -0.1) is 0 Å². The number of rotatable bonds is 1. The minimum Gasteiger partial charge on any atom is -0.489 e. The molecule has 0 amide bonds. The highest BCUT2D eigenvalue weighted by Crippen LogP contribution is 2.33. The Morgan fingerprint density at radius 2 is 2.13 bits per heavy atom. The van der Waals surface area contributed by atoms with E-state index in [2.05, 4.69) is 0 Å². The zero-order valence-corrected chi connectivity index (χ0v) is 8.12. The molecule has 1 aliphatic heterocycles. The molecule has 1 aromatic carbocycles. The van der Waals surface area contributed by atoms with Crippen LogP contribution in [0.1, 0.15) is 12.0 Å². The number of hydrogen-bond acceptors (Lipinski definition) is 3. The van der Waals surface area contributed by atoms with Gasteiger partial charge in [0.25, 0.3) is 0 Å². The van der Waals surface area contributed by atoms with E-state index in [0.717, 1.165) is 6.42 Å². The fourth-order valence-corrected chi connectivity index (χ4v) is 1.48. The van der Waals surface area contributed by atoms with Crippen LogP contribution in [0.5, 0.6) is 11.5 Å². The van der Waals surface area contributed by atoms with Crippen LogP contribution in [-0.2, 0) is 6.42 Å². The lowest BCUT2D eigenvalue weighted by Gasteiger charge is -2.09. The Morgan fingerprint density at radius 1 is 1.33 bits per heavy atom. The fourth-order valence-electron chi connectivity index (χ4n) is 1.48. The SMILES string of the molecule is N#CCc1cc(F)c2c(c1)OCCCO2. The third-order valence-electron chi connectivity index (χ3n) is 2.15. The van der Waals surface area contributed by atoms with Gasteiger partial charge < -0.3 is 9.47 Å². The Hall–Kier alpha value is -1.76. The van der Waals surface area contributed by atoms with E-state index >= 15 is 0 Å². The zero-order valence-electron chi connectivity index (χ0n) is 8.12. The average Bonchev–Trinajstić information content (AvgIpc) is 2.43. The van der Waals surface area contributed by atoms with Gasteiger partial charge in [-0.3, -0.25) is 0 Å². The summed E-state index contributed by atoms with van der Waals surface area (Å²) in [6, 6.07) is 4.95. The van der Waals surface area contributed by atoms with Crippen molar-refractivity contribution in [2.45, 2.75) is 12.8 Å². The zero-order chi connectivity index (χ0) is 10.7. The smallest absolute Gasteiger partial charge is 0.197 e. The molecule has 78 valence electrons. The number of nitriles is 1. The summed E-state index contributed by atoms with van der Waals surface area (Å²) < 4.78 is 24.1. The molecular formula is C11H10FNO2. The van der Waals surface area contributed by atoms with Crippen molar-refractivity contribution in [3.05, 3.63) is 23.5 Å². The predicted molar refractivity (Wildman–Crippen MR) is 51.3 cm³/mol. The highest BCUT2D eigenvalue weighted by atomic mass is 19.1. The molecule has 0 atom stereocenters. The predicted octanol–water partition coefficient (Wildman–Crippen LogP) is 2.05. The molecule has 0 bridgehead atoms. The summed E-state index contributed by atoms with van der Waals surface area (Å²) in [7, 11) is 0. The van der Waals surface area contributed by atoms with Crippen molar-refractivity contribution in [1.29, 1.82) is 5.26 Å². The molecule has 15 heavy (non-hydrogen) atoms. The third-order valence-corrected chi connectivity index (χ3v) is 2.15. The van der Waals surface area contributed by atoms with E-state index in [1.807, 2.05) is 6.07 Å². The lowest BCUT2D eigenvalue weighted by molar-refractivity contribution is 0.292. The van der Waals surface area contributed by atoms with Crippen LogP contribution in [0.4, 0.5) is 4.39 Å². The third kappa shape index (κ3) is 2.01. The lowest BCUT2D eigenvalue weighted by atomic mass is 10.1. The number of halogens is 1. The van der Waals surface area contributed by atoms with Gasteiger partial charge in [0.1, 0.15) is 0 Å². The summed E-state index contributed by atoms with van der Waals surface area (Å²) in [5.41, 5.74) is 0.610. The number of nitrogens with zero attached hydrogens (tertiary/aromatic N) is 1. The molecule has 0 radical (unpaired) electrons. The summed E-state index contributed by atoms with van der Waals surface area (Å²) in [4.78, 5) is 0. The van der Waals surface area contributed by atoms with E-state index in [-0.39, 0.29) is 12.2 Å². The molecule has 0 saturated heterocycles. The molecule has 0 spiro atoms. The van der Waals surface area contributed by atoms with E-state index < -0.39 is 5.82 Å². The molecule has 1 heterocycles. The molecule has 1 aliphatic rings. The van der Waals surface area contributed by atoms with Crippen molar-refractivity contribution in [2.24, 2.45) is 0 Å². The Bertz CT molecular complexity index is 412. The van der Waals surface area contributed by atoms with Crippen LogP contribution < -0.4 is 9.47 Å². The molecule has 0 aliphatic carbocycles. The Balaban J connectivity index is 2.40. The van der Waals surface area contributed by atoms with Crippen LogP contribution in [0.3, 0.4) is 0 Å². The average molecular weight is 207 g/mol. The quantitative estimate of drug-likeness (QED) is 0.707. The molecule has 0 N–H and O–H groups in total. The summed E-state index contributed by atoms with van der Waals surface area (Å²) in [6.07, 6.45) is 0.912. The minimum atomic E-state index is -0.459. The van der Waals surface area contributed by atoms with Gasteiger partial charge in [0.15, 0.2) is 17.3 Å². The van der Waals surface area contributed by atoms with E-state index in [1.54, 1.807) is 6.07 Å². The number of hydrogen-bond donors (Lipinski definition) is 0. The Morgan fingerprint density at radius 3 is 2.93 bits per heavy atom. The first-order valence-electron chi connectivity index (χ1n) is 4.76. The maximum absolute atomic E-state index is 13.5. The van der Waals surface area contributed by atoms with Crippen molar-refractivity contribution < 1.29 is 13.9 Å². The normalized spacial score (nSPS) is 14.1. The standard InChI is InChI=1S/C11H10FNO2/c12-9-6-8(2-3-13)7-10-11(9)15-5-1-4-14-10/h6-7H,1-2,4-5H2. The fraction of sp³-hybridized carbons (Fsp3) is 0.364. The van der Waals surface area contributed by atoms with Crippen LogP contribution in [-0.4, -0.2) is 13.2 Å². The molecule has 4 heteroatoms. The van der Waals surface area contributed by atoms with Gasteiger partial charge in [0.05, 0.1) is 25.7 Å². The number of fused-ring (bicyclic) bond motifs is 1. The van der Waals surface area contributed by atoms with Crippen LogP contribution >= 0.6 is 0 Å². The van der Waals surface area contributed by atoms with Crippen molar-refractivity contribution >= 4 is 0 Å². The summed E-state index contributed by atoms with van der Waals surface area (Å²) in [6.45, 7) is 0.976. The van der Waals surface area contributed by atoms with Gasteiger partial charge in [-0.2, -0.15) is 5.26 Å². The summed E-state index contributed by atoms with van der Waals surface area (Å²) in [5.74, 6) is 0.103. The van der Waals surface area contributed by atoms with E-state index in [0.29, 0.717) is 24.5 Å². The lowest BCUT2D eigenvalue weighted by Crippen LogP contribution is -1.98. The van der Waals surface area contributed by atoms with E-state index in [1.165, 1.54) is 6.07 Å². The van der Waals surface area contributed by atoms with Crippen molar-refractivity contribution in [2.75, 3.05) is 13.2 Å². The monoisotopic (exact) mass is 207 g/mol. The maximum atomic E-state index is 13.5. The van der Waals surface area contributed by atoms with Gasteiger partial charge in [0.2, 0.25) is 0 Å². The second kappa shape index (κ2) is 4.18. The van der Waals surface area contributed by atoms with Gasteiger partial charge >= 0.3 is 0 Å². The Labute approximate surface area is 87.0 Å². The Kier molecular flexibility index (Phi) is 2.72. The van der Waals surface area contributed by atoms with Crippen molar-refractivity contribution in [3.8, 4) is 17.6 Å².